The normalized spacial score (nSPS) is 10.7. The number of hydrogen-bond acceptors (Lipinski definition) is 3. The Hall–Kier alpha value is -4.76. The maximum Gasteiger partial charge on any atom is 0.0630 e. The highest BCUT2D eigenvalue weighted by Gasteiger charge is 2.11. The molecule has 0 saturated carbocycles. The van der Waals surface area contributed by atoms with Crippen molar-refractivity contribution in [1.29, 1.82) is 0 Å². The smallest absolute Gasteiger partial charge is 0.0630 e. The van der Waals surface area contributed by atoms with Crippen molar-refractivity contribution in [2.24, 2.45) is 0 Å². The first-order valence-electron chi connectivity index (χ1n) is 17.3. The summed E-state index contributed by atoms with van der Waals surface area (Å²) in [6.45, 7) is 22.5. The molecule has 0 aromatic heterocycles. The van der Waals surface area contributed by atoms with Gasteiger partial charge in [0.2, 0.25) is 0 Å². The molecule has 2 N–H and O–H groups in total. The van der Waals surface area contributed by atoms with Crippen LogP contribution in [-0.4, -0.2) is 0 Å². The molecule has 47 heavy (non-hydrogen) atoms. The summed E-state index contributed by atoms with van der Waals surface area (Å²) in [6, 6.07) is 36.3. The van der Waals surface area contributed by atoms with Crippen molar-refractivity contribution in [2.45, 2.75) is 82.6 Å². The van der Waals surface area contributed by atoms with E-state index in [2.05, 4.69) is 171 Å². The van der Waals surface area contributed by atoms with E-state index in [1.54, 1.807) is 0 Å². The van der Waals surface area contributed by atoms with Crippen LogP contribution in [0.25, 0.3) is 16.7 Å². The van der Waals surface area contributed by atoms with Crippen LogP contribution in [0.4, 0.5) is 22.7 Å². The van der Waals surface area contributed by atoms with Gasteiger partial charge in [-0.25, -0.2) is 0 Å². The van der Waals surface area contributed by atoms with Gasteiger partial charge in [0.15, 0.2) is 0 Å². The Bertz CT molecular complexity index is 1500. The van der Waals surface area contributed by atoms with Crippen LogP contribution in [0.2, 0.25) is 0 Å². The van der Waals surface area contributed by atoms with Crippen molar-refractivity contribution in [1.82, 2.24) is 0 Å². The predicted molar refractivity (Wildman–Crippen MR) is 214 cm³/mol. The molecule has 0 heterocycles. The number of nitrogens with one attached hydrogen (secondary N) is 2. The Morgan fingerprint density at radius 2 is 1.15 bits per heavy atom. The number of allylic oxidation sites excluding steroid dienone is 7. The number of hydrogen-bond donors (Lipinski definition) is 2. The summed E-state index contributed by atoms with van der Waals surface area (Å²) in [5, 5.41) is 5.62. The quantitative estimate of drug-likeness (QED) is 0.128. The van der Waals surface area contributed by atoms with Gasteiger partial charge in [0.25, 0.3) is 0 Å². The highest BCUT2D eigenvalue weighted by molar-refractivity contribution is 5.76. The SMILES string of the molecule is C/C=C\C(=C/CC)c1ccc(NN(c2ccccc2)c2ccc(-c3ccc(N/C(C=C(C)C)=C/C)cc3)cc2)cc1.CC.CC.CC. The van der Waals surface area contributed by atoms with Crippen molar-refractivity contribution < 1.29 is 0 Å². The van der Waals surface area contributed by atoms with Crippen LogP contribution >= 0.6 is 0 Å². The molecule has 0 radical (unpaired) electrons. The first kappa shape index (κ1) is 40.3. The van der Waals surface area contributed by atoms with Crippen LogP contribution in [0.15, 0.2) is 145 Å². The molecule has 4 rings (SSSR count). The lowest BCUT2D eigenvalue weighted by molar-refractivity contribution is 1.16. The lowest BCUT2D eigenvalue weighted by atomic mass is 10.0. The van der Waals surface area contributed by atoms with Gasteiger partial charge >= 0.3 is 0 Å². The van der Waals surface area contributed by atoms with Crippen molar-refractivity contribution in [2.75, 3.05) is 15.8 Å². The van der Waals surface area contributed by atoms with E-state index in [1.807, 2.05) is 54.5 Å². The van der Waals surface area contributed by atoms with E-state index in [0.717, 1.165) is 34.9 Å². The van der Waals surface area contributed by atoms with E-state index in [1.165, 1.54) is 27.8 Å². The summed E-state index contributed by atoms with van der Waals surface area (Å²) in [7, 11) is 0. The summed E-state index contributed by atoms with van der Waals surface area (Å²) >= 11 is 0. The van der Waals surface area contributed by atoms with E-state index in [4.69, 9.17) is 0 Å². The fourth-order valence-electron chi connectivity index (χ4n) is 4.62. The highest BCUT2D eigenvalue weighted by atomic mass is 15.5. The third kappa shape index (κ3) is 13.2. The molecule has 0 fully saturated rings. The van der Waals surface area contributed by atoms with E-state index in [-0.39, 0.29) is 0 Å². The van der Waals surface area contributed by atoms with E-state index in [0.29, 0.717) is 0 Å². The number of rotatable bonds is 11. The largest absolute Gasteiger partial charge is 0.356 e. The summed E-state index contributed by atoms with van der Waals surface area (Å²) in [5.41, 5.74) is 15.0. The molecule has 4 aromatic carbocycles. The van der Waals surface area contributed by atoms with Crippen molar-refractivity contribution in [3.63, 3.8) is 0 Å². The van der Waals surface area contributed by atoms with Crippen LogP contribution in [0.1, 0.15) is 88.1 Å². The van der Waals surface area contributed by atoms with Crippen LogP contribution in [0.5, 0.6) is 0 Å². The molecule has 0 aliphatic rings. The van der Waals surface area contributed by atoms with Crippen LogP contribution < -0.4 is 15.8 Å². The van der Waals surface area contributed by atoms with Crippen molar-refractivity contribution >= 4 is 28.3 Å². The fourth-order valence-corrected chi connectivity index (χ4v) is 4.62. The summed E-state index contributed by atoms with van der Waals surface area (Å²) in [6.07, 6.45) is 11.8. The summed E-state index contributed by atoms with van der Waals surface area (Å²) in [4.78, 5) is 0. The van der Waals surface area contributed by atoms with Gasteiger partial charge in [0, 0.05) is 11.4 Å². The Morgan fingerprint density at radius 1 is 0.638 bits per heavy atom. The van der Waals surface area contributed by atoms with Gasteiger partial charge in [0.1, 0.15) is 0 Å². The maximum absolute atomic E-state index is 3.62. The van der Waals surface area contributed by atoms with E-state index >= 15 is 0 Å². The zero-order chi connectivity index (χ0) is 35.0. The molecular formula is C44H59N3. The van der Waals surface area contributed by atoms with Gasteiger partial charge in [-0.05, 0) is 111 Å². The van der Waals surface area contributed by atoms with Gasteiger partial charge in [-0.1, -0.05) is 133 Å². The molecule has 0 atom stereocenters. The zero-order valence-corrected chi connectivity index (χ0v) is 30.9. The third-order valence-corrected chi connectivity index (χ3v) is 6.63. The maximum atomic E-state index is 3.62. The first-order valence-corrected chi connectivity index (χ1v) is 17.3. The van der Waals surface area contributed by atoms with Crippen molar-refractivity contribution in [3.8, 4) is 11.1 Å². The van der Waals surface area contributed by atoms with Gasteiger partial charge in [-0.2, -0.15) is 0 Å². The molecule has 0 amide bonds. The van der Waals surface area contributed by atoms with Crippen LogP contribution in [0, 0.1) is 0 Å². The number of hydrazine groups is 1. The average Bonchev–Trinajstić information content (AvgIpc) is 3.13. The molecule has 0 spiro atoms. The van der Waals surface area contributed by atoms with Crippen LogP contribution in [-0.2, 0) is 0 Å². The zero-order valence-electron chi connectivity index (χ0n) is 30.9. The second-order valence-electron chi connectivity index (χ2n) is 10.1. The molecule has 0 aliphatic carbocycles. The molecular weight excluding hydrogens is 571 g/mol. The Balaban J connectivity index is 0.00000174. The topological polar surface area (TPSA) is 27.3 Å². The molecule has 0 aliphatic heterocycles. The number of benzene rings is 4. The number of nitrogens with zero attached hydrogens (tertiary/aromatic N) is 1. The monoisotopic (exact) mass is 629 g/mol. The second-order valence-corrected chi connectivity index (χ2v) is 10.1. The van der Waals surface area contributed by atoms with Gasteiger partial charge in [-0.15, -0.1) is 0 Å². The lowest BCUT2D eigenvalue weighted by Gasteiger charge is -2.27. The Labute approximate surface area is 287 Å². The molecule has 3 nitrogen and oxygen atoms in total. The number of para-hydroxylation sites is 1. The molecule has 0 unspecified atom stereocenters. The third-order valence-electron chi connectivity index (χ3n) is 6.63. The molecule has 250 valence electrons. The fraction of sp³-hybridized carbons (Fsp3) is 0.273. The van der Waals surface area contributed by atoms with Crippen LogP contribution in [0.3, 0.4) is 0 Å². The molecule has 0 saturated heterocycles. The Morgan fingerprint density at radius 3 is 1.64 bits per heavy atom. The van der Waals surface area contributed by atoms with E-state index < -0.39 is 0 Å². The van der Waals surface area contributed by atoms with Gasteiger partial charge < -0.3 is 5.32 Å². The minimum Gasteiger partial charge on any atom is -0.356 e. The van der Waals surface area contributed by atoms with Gasteiger partial charge in [-0.3, -0.25) is 10.4 Å². The summed E-state index contributed by atoms with van der Waals surface area (Å²) in [5.74, 6) is 0. The predicted octanol–water partition coefficient (Wildman–Crippen LogP) is 14.2. The molecule has 4 aromatic rings. The van der Waals surface area contributed by atoms with Crippen molar-refractivity contribution in [3.05, 3.63) is 150 Å². The lowest BCUT2D eigenvalue weighted by Crippen LogP contribution is -2.24. The standard InChI is InChI=1S/C38H41N3.3C2H6/c1-6-12-30(13-7-2)31-18-24-36(25-19-31)40-41(37-14-10-9-11-15-37)38-26-20-33(21-27-38)32-16-22-35(23-17-32)39-34(8-3)28-29(4)5;3*1-2/h6,8-28,39-40H,7H2,1-5H3;3*1-2H3/b12-6-,30-13+,34-8+;;;. The van der Waals surface area contributed by atoms with Gasteiger partial charge in [0.05, 0.1) is 17.1 Å². The second kappa shape index (κ2) is 23.6. The average molecular weight is 630 g/mol. The minimum absolute atomic E-state index is 1.01. The number of anilines is 4. The molecule has 3 heteroatoms. The highest BCUT2D eigenvalue weighted by Crippen LogP contribution is 2.30. The van der Waals surface area contributed by atoms with E-state index in [9.17, 15) is 0 Å². The summed E-state index contributed by atoms with van der Waals surface area (Å²) < 4.78 is 0. The Kier molecular flexibility index (Phi) is 20.2. The molecule has 0 bridgehead atoms. The minimum atomic E-state index is 1.01. The first-order chi connectivity index (χ1) is 23.0.